The first-order valence-electron chi connectivity index (χ1n) is 8.95. The van der Waals surface area contributed by atoms with Crippen LogP contribution in [0, 0.1) is 6.92 Å². The van der Waals surface area contributed by atoms with Crippen molar-refractivity contribution in [2.45, 2.75) is 65.5 Å². The van der Waals surface area contributed by atoms with Gasteiger partial charge in [-0.05, 0) is 45.7 Å². The van der Waals surface area contributed by atoms with E-state index in [0.717, 1.165) is 47.7 Å². The number of nitrogens with one attached hydrogen (secondary N) is 1. The summed E-state index contributed by atoms with van der Waals surface area (Å²) in [6, 6.07) is 7.84. The summed E-state index contributed by atoms with van der Waals surface area (Å²) in [4.78, 5) is 22.8. The molecule has 0 saturated carbocycles. The Morgan fingerprint density at radius 2 is 2.08 bits per heavy atom. The molecule has 1 aromatic heterocycles. The summed E-state index contributed by atoms with van der Waals surface area (Å²) in [5.41, 5.74) is 3.68. The first kappa shape index (κ1) is 17.5. The molecule has 1 aliphatic rings. The zero-order valence-corrected chi connectivity index (χ0v) is 15.7. The van der Waals surface area contributed by atoms with Gasteiger partial charge in [-0.2, -0.15) is 0 Å². The van der Waals surface area contributed by atoms with E-state index in [4.69, 9.17) is 9.72 Å². The molecule has 0 spiro atoms. The number of hydrogen-bond donors (Lipinski definition) is 1. The van der Waals surface area contributed by atoms with Gasteiger partial charge < -0.3 is 9.72 Å². The second kappa shape index (κ2) is 6.54. The molecule has 0 aliphatic carbocycles. The molecule has 1 aliphatic heterocycles. The van der Waals surface area contributed by atoms with Crippen LogP contribution in [0.25, 0.3) is 0 Å². The lowest BCUT2D eigenvalue weighted by atomic mass is 10.1. The van der Waals surface area contributed by atoms with Gasteiger partial charge in [-0.3, -0.25) is 4.90 Å². The molecule has 134 valence electrons. The fourth-order valence-electron chi connectivity index (χ4n) is 3.31. The predicted octanol–water partition coefficient (Wildman–Crippen LogP) is 4.71. The molecule has 0 saturated heterocycles. The Morgan fingerprint density at radius 1 is 1.36 bits per heavy atom. The van der Waals surface area contributed by atoms with Crippen LogP contribution in [0.4, 0.5) is 10.5 Å². The molecular weight excluding hydrogens is 314 g/mol. The zero-order chi connectivity index (χ0) is 18.2. The lowest BCUT2D eigenvalue weighted by Crippen LogP contribution is -2.38. The summed E-state index contributed by atoms with van der Waals surface area (Å²) in [7, 11) is 0. The number of anilines is 1. The highest BCUT2D eigenvalue weighted by Crippen LogP contribution is 2.40. The van der Waals surface area contributed by atoms with Gasteiger partial charge in [0, 0.05) is 12.1 Å². The summed E-state index contributed by atoms with van der Waals surface area (Å²) in [5, 5.41) is 0. The molecule has 0 radical (unpaired) electrons. The summed E-state index contributed by atoms with van der Waals surface area (Å²) in [6.45, 7) is 9.83. The minimum Gasteiger partial charge on any atom is -0.443 e. The Labute approximate surface area is 149 Å². The van der Waals surface area contributed by atoms with Crippen LogP contribution in [-0.4, -0.2) is 21.7 Å². The van der Waals surface area contributed by atoms with Gasteiger partial charge in [0.1, 0.15) is 17.5 Å². The predicted molar refractivity (Wildman–Crippen MR) is 98.9 cm³/mol. The van der Waals surface area contributed by atoms with Crippen LogP contribution in [0.1, 0.15) is 62.9 Å². The van der Waals surface area contributed by atoms with E-state index < -0.39 is 5.60 Å². The van der Waals surface area contributed by atoms with Gasteiger partial charge >= 0.3 is 6.09 Å². The molecule has 1 amide bonds. The molecule has 2 heterocycles. The van der Waals surface area contributed by atoms with Crippen molar-refractivity contribution in [2.75, 3.05) is 4.90 Å². The quantitative estimate of drug-likeness (QED) is 0.879. The Bertz CT molecular complexity index is 773. The highest BCUT2D eigenvalue weighted by molar-refractivity contribution is 5.91. The number of imidazole rings is 1. The Morgan fingerprint density at radius 3 is 2.76 bits per heavy atom. The van der Waals surface area contributed by atoms with Crippen molar-refractivity contribution in [3.05, 3.63) is 47.0 Å². The third-order valence-electron chi connectivity index (χ3n) is 4.39. The second-order valence-electron chi connectivity index (χ2n) is 7.63. The van der Waals surface area contributed by atoms with E-state index in [1.165, 1.54) is 0 Å². The molecule has 1 unspecified atom stereocenters. The summed E-state index contributed by atoms with van der Waals surface area (Å²) in [6.07, 6.45) is 2.44. The van der Waals surface area contributed by atoms with Crippen molar-refractivity contribution >= 4 is 11.8 Å². The molecule has 5 heteroatoms. The first-order valence-corrected chi connectivity index (χ1v) is 8.95. The number of nitrogens with zero attached hydrogens (tertiary/aromatic N) is 2. The SMILES string of the molecule is CCCc1[nH]c(C2Cc3ccccc3N2C(=O)OC(C)(C)C)nc1C. The van der Waals surface area contributed by atoms with Crippen LogP contribution in [0.15, 0.2) is 24.3 Å². The lowest BCUT2D eigenvalue weighted by molar-refractivity contribution is 0.0568. The van der Waals surface area contributed by atoms with Crippen LogP contribution in [0.3, 0.4) is 0 Å². The number of benzene rings is 1. The van der Waals surface area contributed by atoms with Crippen molar-refractivity contribution in [1.29, 1.82) is 0 Å². The minimum atomic E-state index is -0.536. The summed E-state index contributed by atoms with van der Waals surface area (Å²) in [5.74, 6) is 0.836. The highest BCUT2D eigenvalue weighted by atomic mass is 16.6. The molecule has 2 aromatic rings. The average Bonchev–Trinajstić information content (AvgIpc) is 3.07. The number of H-pyrrole nitrogens is 1. The molecule has 5 nitrogen and oxygen atoms in total. The standard InChI is InChI=1S/C20H27N3O2/c1-6-9-15-13(2)21-18(22-15)17-12-14-10-7-8-11-16(14)23(17)19(24)25-20(3,4)5/h7-8,10-11,17H,6,9,12H2,1-5H3,(H,21,22). The lowest BCUT2D eigenvalue weighted by Gasteiger charge is -2.28. The van der Waals surface area contributed by atoms with E-state index >= 15 is 0 Å². The molecule has 0 bridgehead atoms. The number of ether oxygens (including phenoxy) is 1. The van der Waals surface area contributed by atoms with Crippen LogP contribution in [0.2, 0.25) is 0 Å². The van der Waals surface area contributed by atoms with Gasteiger partial charge in [-0.15, -0.1) is 0 Å². The number of rotatable bonds is 3. The van der Waals surface area contributed by atoms with E-state index in [-0.39, 0.29) is 12.1 Å². The molecule has 25 heavy (non-hydrogen) atoms. The third kappa shape index (κ3) is 3.55. The first-order chi connectivity index (χ1) is 11.8. The van der Waals surface area contributed by atoms with E-state index in [2.05, 4.69) is 18.0 Å². The van der Waals surface area contributed by atoms with Gasteiger partial charge in [-0.1, -0.05) is 31.5 Å². The molecule has 0 fully saturated rings. The van der Waals surface area contributed by atoms with Crippen LogP contribution in [0.5, 0.6) is 0 Å². The van der Waals surface area contributed by atoms with Crippen LogP contribution < -0.4 is 4.90 Å². The van der Waals surface area contributed by atoms with E-state index in [9.17, 15) is 4.79 Å². The Hall–Kier alpha value is -2.30. The number of hydrogen-bond acceptors (Lipinski definition) is 3. The van der Waals surface area contributed by atoms with Crippen LogP contribution in [-0.2, 0) is 17.6 Å². The fourth-order valence-corrected chi connectivity index (χ4v) is 3.31. The number of carbonyl (C=O) groups is 1. The smallest absolute Gasteiger partial charge is 0.415 e. The van der Waals surface area contributed by atoms with Crippen molar-refractivity contribution in [3.8, 4) is 0 Å². The normalized spacial score (nSPS) is 16.8. The topological polar surface area (TPSA) is 58.2 Å². The number of para-hydroxylation sites is 1. The summed E-state index contributed by atoms with van der Waals surface area (Å²) >= 11 is 0. The minimum absolute atomic E-state index is 0.156. The van der Waals surface area contributed by atoms with Gasteiger partial charge in [0.05, 0.1) is 11.4 Å². The van der Waals surface area contributed by atoms with Crippen molar-refractivity contribution in [2.24, 2.45) is 0 Å². The van der Waals surface area contributed by atoms with E-state index in [1.807, 2.05) is 45.9 Å². The molecular formula is C20H27N3O2. The largest absolute Gasteiger partial charge is 0.443 e. The van der Waals surface area contributed by atoms with Gasteiger partial charge in [0.25, 0.3) is 0 Å². The Kier molecular flexibility index (Phi) is 4.58. The maximum Gasteiger partial charge on any atom is 0.415 e. The van der Waals surface area contributed by atoms with Crippen molar-refractivity contribution in [1.82, 2.24) is 9.97 Å². The number of aryl methyl sites for hydroxylation is 2. The molecule has 3 rings (SSSR count). The monoisotopic (exact) mass is 341 g/mol. The zero-order valence-electron chi connectivity index (χ0n) is 15.7. The van der Waals surface area contributed by atoms with Crippen LogP contribution >= 0.6 is 0 Å². The number of carbonyl (C=O) groups excluding carboxylic acids is 1. The maximum atomic E-state index is 12.9. The second-order valence-corrected chi connectivity index (χ2v) is 7.63. The highest BCUT2D eigenvalue weighted by Gasteiger charge is 2.39. The molecule has 1 aromatic carbocycles. The number of amides is 1. The van der Waals surface area contributed by atoms with E-state index in [1.54, 1.807) is 4.90 Å². The molecule has 1 N–H and O–H groups in total. The molecule has 1 atom stereocenters. The van der Waals surface area contributed by atoms with Crippen molar-refractivity contribution in [3.63, 3.8) is 0 Å². The van der Waals surface area contributed by atoms with E-state index in [0.29, 0.717) is 0 Å². The van der Waals surface area contributed by atoms with Crippen molar-refractivity contribution < 1.29 is 9.53 Å². The van der Waals surface area contributed by atoms with Gasteiger partial charge in [-0.25, -0.2) is 9.78 Å². The van der Waals surface area contributed by atoms with Gasteiger partial charge in [0.2, 0.25) is 0 Å². The average molecular weight is 341 g/mol. The third-order valence-corrected chi connectivity index (χ3v) is 4.39. The number of fused-ring (bicyclic) bond motifs is 1. The fraction of sp³-hybridized carbons (Fsp3) is 0.500. The van der Waals surface area contributed by atoms with Gasteiger partial charge in [0.15, 0.2) is 0 Å². The maximum absolute atomic E-state index is 12.9. The number of aromatic nitrogens is 2. The Balaban J connectivity index is 1.98. The number of aromatic amines is 1. The summed E-state index contributed by atoms with van der Waals surface area (Å²) < 4.78 is 5.66.